The SMILES string of the molecule is CCOc1cc([C@H]2C(C(=O)c3ccco3)=C(O)C(=O)N2CCOCCO)ccc1O. The molecule has 1 aromatic heterocycles. The van der Waals surface area contributed by atoms with Crippen molar-refractivity contribution in [2.75, 3.05) is 33.0 Å². The van der Waals surface area contributed by atoms with E-state index < -0.39 is 23.5 Å². The van der Waals surface area contributed by atoms with Gasteiger partial charge in [-0.05, 0) is 36.8 Å². The van der Waals surface area contributed by atoms with Gasteiger partial charge in [-0.1, -0.05) is 6.07 Å². The average molecular weight is 417 g/mol. The highest BCUT2D eigenvalue weighted by molar-refractivity contribution is 6.15. The Kier molecular flexibility index (Phi) is 6.76. The lowest BCUT2D eigenvalue weighted by Crippen LogP contribution is -2.34. The Labute approximate surface area is 172 Å². The lowest BCUT2D eigenvalue weighted by atomic mass is 9.94. The van der Waals surface area contributed by atoms with E-state index in [4.69, 9.17) is 19.0 Å². The van der Waals surface area contributed by atoms with Gasteiger partial charge in [0.15, 0.2) is 23.0 Å². The van der Waals surface area contributed by atoms with Crippen molar-refractivity contribution in [3.05, 3.63) is 59.3 Å². The second-order valence-electron chi connectivity index (χ2n) is 6.47. The minimum Gasteiger partial charge on any atom is -0.504 e. The summed E-state index contributed by atoms with van der Waals surface area (Å²) in [7, 11) is 0. The zero-order valence-corrected chi connectivity index (χ0v) is 16.4. The van der Waals surface area contributed by atoms with Crippen molar-refractivity contribution in [2.45, 2.75) is 13.0 Å². The van der Waals surface area contributed by atoms with E-state index in [1.807, 2.05) is 0 Å². The first-order chi connectivity index (χ1) is 14.5. The number of hydrogen-bond donors (Lipinski definition) is 3. The molecule has 3 N–H and O–H groups in total. The van der Waals surface area contributed by atoms with Gasteiger partial charge in [0.1, 0.15) is 0 Å². The van der Waals surface area contributed by atoms with Gasteiger partial charge in [0.2, 0.25) is 5.78 Å². The third kappa shape index (κ3) is 4.17. The highest BCUT2D eigenvalue weighted by Crippen LogP contribution is 2.41. The lowest BCUT2D eigenvalue weighted by molar-refractivity contribution is -0.130. The molecule has 0 spiro atoms. The van der Waals surface area contributed by atoms with Crippen LogP contribution in [-0.4, -0.2) is 64.9 Å². The summed E-state index contributed by atoms with van der Waals surface area (Å²) < 4.78 is 15.8. The van der Waals surface area contributed by atoms with Crippen LogP contribution in [-0.2, 0) is 9.53 Å². The Bertz CT molecular complexity index is 934. The minimum atomic E-state index is -0.937. The van der Waals surface area contributed by atoms with Gasteiger partial charge in [0.05, 0.1) is 44.3 Å². The number of phenols is 1. The molecule has 30 heavy (non-hydrogen) atoms. The van der Waals surface area contributed by atoms with Crippen molar-refractivity contribution >= 4 is 11.7 Å². The van der Waals surface area contributed by atoms with Gasteiger partial charge in [-0.2, -0.15) is 0 Å². The van der Waals surface area contributed by atoms with E-state index in [1.165, 1.54) is 35.4 Å². The molecule has 0 radical (unpaired) electrons. The summed E-state index contributed by atoms with van der Waals surface area (Å²) in [6.45, 7) is 2.14. The summed E-state index contributed by atoms with van der Waals surface area (Å²) in [5.41, 5.74) is 0.330. The van der Waals surface area contributed by atoms with Crippen LogP contribution in [0.4, 0.5) is 0 Å². The van der Waals surface area contributed by atoms with E-state index >= 15 is 0 Å². The van der Waals surface area contributed by atoms with E-state index in [-0.39, 0.29) is 49.2 Å². The predicted molar refractivity (Wildman–Crippen MR) is 104 cm³/mol. The summed E-state index contributed by atoms with van der Waals surface area (Å²) in [6.07, 6.45) is 1.32. The molecule has 1 atom stereocenters. The summed E-state index contributed by atoms with van der Waals surface area (Å²) in [5, 5.41) is 29.4. The van der Waals surface area contributed by atoms with Crippen molar-refractivity contribution in [1.82, 2.24) is 4.90 Å². The number of aliphatic hydroxyl groups is 2. The Hall–Kier alpha value is -3.30. The molecule has 9 nitrogen and oxygen atoms in total. The molecule has 0 fully saturated rings. The quantitative estimate of drug-likeness (QED) is 0.395. The van der Waals surface area contributed by atoms with Gasteiger partial charge in [0.25, 0.3) is 5.91 Å². The van der Waals surface area contributed by atoms with Crippen LogP contribution in [0.2, 0.25) is 0 Å². The van der Waals surface area contributed by atoms with Crippen LogP contribution in [0.1, 0.15) is 29.1 Å². The number of phenolic OH excluding ortho intramolecular Hbond substituents is 1. The van der Waals surface area contributed by atoms with Gasteiger partial charge in [-0.15, -0.1) is 0 Å². The molecule has 2 aromatic rings. The number of nitrogens with zero attached hydrogens (tertiary/aromatic N) is 1. The maximum absolute atomic E-state index is 13.0. The Morgan fingerprint density at radius 3 is 2.70 bits per heavy atom. The Balaban J connectivity index is 2.02. The first kappa shape index (κ1) is 21.4. The molecular formula is C21H23NO8. The minimum absolute atomic E-state index is 0.0171. The molecule has 1 aromatic carbocycles. The molecule has 0 bridgehead atoms. The molecule has 1 aliphatic heterocycles. The molecule has 1 aliphatic rings. The van der Waals surface area contributed by atoms with Crippen LogP contribution in [0.5, 0.6) is 11.5 Å². The molecule has 0 saturated carbocycles. The van der Waals surface area contributed by atoms with Crippen molar-refractivity contribution in [3.8, 4) is 11.5 Å². The van der Waals surface area contributed by atoms with Crippen LogP contribution in [0, 0.1) is 0 Å². The van der Waals surface area contributed by atoms with Crippen LogP contribution >= 0.6 is 0 Å². The number of ether oxygens (including phenoxy) is 2. The molecule has 9 heteroatoms. The molecule has 1 amide bonds. The first-order valence-corrected chi connectivity index (χ1v) is 9.46. The first-order valence-electron chi connectivity index (χ1n) is 9.46. The van der Waals surface area contributed by atoms with Crippen molar-refractivity contribution in [3.63, 3.8) is 0 Å². The van der Waals surface area contributed by atoms with E-state index in [1.54, 1.807) is 13.0 Å². The maximum Gasteiger partial charge on any atom is 0.290 e. The topological polar surface area (TPSA) is 130 Å². The Morgan fingerprint density at radius 2 is 2.03 bits per heavy atom. The number of Topliss-reactive ketones (excluding diaryl/α,β-unsaturated/α-hetero) is 1. The normalized spacial score (nSPS) is 16.4. The molecule has 160 valence electrons. The van der Waals surface area contributed by atoms with Crippen LogP contribution in [0.3, 0.4) is 0 Å². The molecule has 0 unspecified atom stereocenters. The fourth-order valence-corrected chi connectivity index (χ4v) is 3.30. The number of benzene rings is 1. The number of ketones is 1. The Morgan fingerprint density at radius 1 is 1.23 bits per heavy atom. The summed E-state index contributed by atoms with van der Waals surface area (Å²) in [4.78, 5) is 27.1. The fraction of sp³-hybridized carbons (Fsp3) is 0.333. The monoisotopic (exact) mass is 417 g/mol. The predicted octanol–water partition coefficient (Wildman–Crippen LogP) is 1.97. The highest BCUT2D eigenvalue weighted by Gasteiger charge is 2.44. The zero-order chi connectivity index (χ0) is 21.7. The summed E-state index contributed by atoms with van der Waals surface area (Å²) in [5.74, 6) is -1.94. The van der Waals surface area contributed by atoms with E-state index in [2.05, 4.69) is 0 Å². The molecule has 0 aliphatic carbocycles. The molecule has 2 heterocycles. The van der Waals surface area contributed by atoms with Crippen molar-refractivity contribution < 1.29 is 38.8 Å². The number of amides is 1. The van der Waals surface area contributed by atoms with E-state index in [9.17, 15) is 19.8 Å². The standard InChI is InChI=1S/C21H23NO8/c1-2-29-16-12-13(5-6-14(16)24)18-17(19(25)15-4-3-9-30-15)20(26)21(27)22(18)7-10-28-11-8-23/h3-6,9,12,18,23-24,26H,2,7-8,10-11H2,1H3/t18-/m0/s1. The number of carbonyl (C=O) groups excluding carboxylic acids is 2. The van der Waals surface area contributed by atoms with Crippen LogP contribution in [0.15, 0.2) is 52.3 Å². The van der Waals surface area contributed by atoms with Gasteiger partial charge >= 0.3 is 0 Å². The van der Waals surface area contributed by atoms with Crippen LogP contribution in [0.25, 0.3) is 0 Å². The summed E-state index contributed by atoms with van der Waals surface area (Å²) in [6, 6.07) is 6.50. The smallest absolute Gasteiger partial charge is 0.290 e. The van der Waals surface area contributed by atoms with Crippen molar-refractivity contribution in [2.24, 2.45) is 0 Å². The van der Waals surface area contributed by atoms with E-state index in [0.29, 0.717) is 12.2 Å². The fourth-order valence-electron chi connectivity index (χ4n) is 3.30. The van der Waals surface area contributed by atoms with Gasteiger partial charge in [0, 0.05) is 6.54 Å². The largest absolute Gasteiger partial charge is 0.504 e. The maximum atomic E-state index is 13.0. The lowest BCUT2D eigenvalue weighted by Gasteiger charge is -2.27. The van der Waals surface area contributed by atoms with Gasteiger partial charge in [-0.25, -0.2) is 0 Å². The van der Waals surface area contributed by atoms with Gasteiger partial charge < -0.3 is 34.1 Å². The molecule has 0 saturated heterocycles. The molecule has 3 rings (SSSR count). The van der Waals surface area contributed by atoms with E-state index in [0.717, 1.165) is 0 Å². The zero-order valence-electron chi connectivity index (χ0n) is 16.4. The third-order valence-corrected chi connectivity index (χ3v) is 4.60. The number of aliphatic hydroxyl groups excluding tert-OH is 2. The second kappa shape index (κ2) is 9.47. The van der Waals surface area contributed by atoms with Gasteiger partial charge in [-0.3, -0.25) is 9.59 Å². The highest BCUT2D eigenvalue weighted by atomic mass is 16.5. The number of furan rings is 1. The number of carbonyl (C=O) groups is 2. The molecular weight excluding hydrogens is 394 g/mol. The number of hydrogen-bond acceptors (Lipinski definition) is 8. The van der Waals surface area contributed by atoms with Crippen molar-refractivity contribution in [1.29, 1.82) is 0 Å². The number of aromatic hydroxyl groups is 1. The summed E-state index contributed by atoms with van der Waals surface area (Å²) >= 11 is 0. The third-order valence-electron chi connectivity index (χ3n) is 4.60. The van der Waals surface area contributed by atoms with Crippen LogP contribution < -0.4 is 4.74 Å². The number of rotatable bonds is 10. The average Bonchev–Trinajstić information content (AvgIpc) is 3.35. The second-order valence-corrected chi connectivity index (χ2v) is 6.47.